The Bertz CT molecular complexity index is 388. The first kappa shape index (κ1) is 14.1. The molecule has 1 aromatic heterocycles. The molecule has 1 aromatic rings. The third-order valence-electron chi connectivity index (χ3n) is 3.94. The van der Waals surface area contributed by atoms with Gasteiger partial charge in [-0.05, 0) is 24.7 Å². The third kappa shape index (κ3) is 3.56. The summed E-state index contributed by atoms with van der Waals surface area (Å²) >= 11 is 0. The van der Waals surface area contributed by atoms with E-state index >= 15 is 0 Å². The van der Waals surface area contributed by atoms with Crippen LogP contribution in [0.15, 0.2) is 6.07 Å². The van der Waals surface area contributed by atoms with E-state index in [2.05, 4.69) is 27.5 Å². The lowest BCUT2D eigenvalue weighted by Gasteiger charge is -2.18. The van der Waals surface area contributed by atoms with E-state index in [4.69, 9.17) is 0 Å². The third-order valence-corrected chi connectivity index (χ3v) is 3.94. The van der Waals surface area contributed by atoms with E-state index in [0.717, 1.165) is 36.8 Å². The van der Waals surface area contributed by atoms with Gasteiger partial charge in [0.2, 0.25) is 0 Å². The van der Waals surface area contributed by atoms with Gasteiger partial charge >= 0.3 is 0 Å². The Kier molecular flexibility index (Phi) is 4.96. The Hall–Kier alpha value is -1.36. The van der Waals surface area contributed by atoms with Crippen molar-refractivity contribution in [1.29, 1.82) is 0 Å². The van der Waals surface area contributed by atoms with E-state index in [1.165, 1.54) is 12.8 Å². The van der Waals surface area contributed by atoms with Crippen LogP contribution in [0.25, 0.3) is 0 Å². The topological polar surface area (TPSA) is 70.1 Å². The van der Waals surface area contributed by atoms with Crippen molar-refractivity contribution in [3.63, 3.8) is 0 Å². The highest BCUT2D eigenvalue weighted by atomic mass is 16.3. The van der Waals surface area contributed by atoms with Gasteiger partial charge in [-0.1, -0.05) is 13.3 Å². The van der Waals surface area contributed by atoms with Crippen LogP contribution >= 0.6 is 0 Å². The smallest absolute Gasteiger partial charge is 0.132 e. The standard InChI is InChI=1S/C14H24N4O/c1-3-12-17-13(15-2)7-14(18-12)16-8-10-5-4-6-11(10)9-19/h7,10-11,19H,3-6,8-9H2,1-2H3,(H2,15,16,17,18). The first-order valence-corrected chi connectivity index (χ1v) is 7.17. The predicted molar refractivity (Wildman–Crippen MR) is 77.4 cm³/mol. The summed E-state index contributed by atoms with van der Waals surface area (Å²) in [5.74, 6) is 3.57. The Morgan fingerprint density at radius 1 is 1.26 bits per heavy atom. The van der Waals surface area contributed by atoms with Gasteiger partial charge in [0.15, 0.2) is 0 Å². The summed E-state index contributed by atoms with van der Waals surface area (Å²) in [7, 11) is 1.87. The average Bonchev–Trinajstić information content (AvgIpc) is 2.92. The van der Waals surface area contributed by atoms with Gasteiger partial charge in [-0.15, -0.1) is 0 Å². The van der Waals surface area contributed by atoms with Gasteiger partial charge in [-0.3, -0.25) is 0 Å². The highest BCUT2D eigenvalue weighted by Crippen LogP contribution is 2.31. The number of aromatic nitrogens is 2. The normalized spacial score (nSPS) is 22.5. The van der Waals surface area contributed by atoms with E-state index in [0.29, 0.717) is 18.4 Å². The Labute approximate surface area is 114 Å². The van der Waals surface area contributed by atoms with Gasteiger partial charge in [-0.2, -0.15) is 0 Å². The molecule has 0 radical (unpaired) electrons. The number of anilines is 2. The Morgan fingerprint density at radius 3 is 2.68 bits per heavy atom. The first-order valence-electron chi connectivity index (χ1n) is 7.17. The van der Waals surface area contributed by atoms with Crippen LogP contribution in [0.5, 0.6) is 0 Å². The fourth-order valence-corrected chi connectivity index (χ4v) is 2.73. The molecule has 0 aromatic carbocycles. The van der Waals surface area contributed by atoms with Gasteiger partial charge in [0, 0.05) is 32.7 Å². The Morgan fingerprint density at radius 2 is 2.00 bits per heavy atom. The maximum atomic E-state index is 9.33. The summed E-state index contributed by atoms with van der Waals surface area (Å²) in [6.07, 6.45) is 4.40. The fraction of sp³-hybridized carbons (Fsp3) is 0.714. The summed E-state index contributed by atoms with van der Waals surface area (Å²) < 4.78 is 0. The minimum atomic E-state index is 0.304. The molecule has 3 N–H and O–H groups in total. The monoisotopic (exact) mass is 264 g/mol. The number of aryl methyl sites for hydroxylation is 1. The number of nitrogens with one attached hydrogen (secondary N) is 2. The SMILES string of the molecule is CCc1nc(NC)cc(NCC2CCCC2CO)n1. The van der Waals surface area contributed by atoms with Crippen molar-refractivity contribution >= 4 is 11.6 Å². The molecular weight excluding hydrogens is 240 g/mol. The fourth-order valence-electron chi connectivity index (χ4n) is 2.73. The van der Waals surface area contributed by atoms with Crippen molar-refractivity contribution in [2.24, 2.45) is 11.8 Å². The van der Waals surface area contributed by atoms with Crippen LogP contribution in [-0.4, -0.2) is 35.3 Å². The quantitative estimate of drug-likeness (QED) is 0.732. The zero-order chi connectivity index (χ0) is 13.7. The molecule has 106 valence electrons. The maximum absolute atomic E-state index is 9.33. The van der Waals surface area contributed by atoms with Crippen LogP contribution in [0, 0.1) is 11.8 Å². The molecule has 0 spiro atoms. The second kappa shape index (κ2) is 6.70. The molecule has 1 aliphatic carbocycles. The van der Waals surface area contributed by atoms with Crippen molar-refractivity contribution in [3.05, 3.63) is 11.9 Å². The maximum Gasteiger partial charge on any atom is 0.132 e. The lowest BCUT2D eigenvalue weighted by molar-refractivity contribution is 0.199. The lowest BCUT2D eigenvalue weighted by atomic mass is 9.97. The molecule has 5 nitrogen and oxygen atoms in total. The van der Waals surface area contributed by atoms with Crippen LogP contribution in [0.3, 0.4) is 0 Å². The molecule has 2 rings (SSSR count). The van der Waals surface area contributed by atoms with Crippen molar-refractivity contribution in [3.8, 4) is 0 Å². The van der Waals surface area contributed by atoms with Gasteiger partial charge in [0.25, 0.3) is 0 Å². The lowest BCUT2D eigenvalue weighted by Crippen LogP contribution is -2.21. The molecule has 2 atom stereocenters. The average molecular weight is 264 g/mol. The van der Waals surface area contributed by atoms with E-state index < -0.39 is 0 Å². The van der Waals surface area contributed by atoms with E-state index in [1.807, 2.05) is 13.1 Å². The summed E-state index contributed by atoms with van der Waals surface area (Å²) in [6.45, 7) is 3.24. The van der Waals surface area contributed by atoms with Crippen LogP contribution in [-0.2, 0) is 6.42 Å². The zero-order valence-electron chi connectivity index (χ0n) is 11.8. The molecule has 1 aliphatic rings. The second-order valence-electron chi connectivity index (χ2n) is 5.17. The molecule has 19 heavy (non-hydrogen) atoms. The van der Waals surface area contributed by atoms with E-state index in [1.54, 1.807) is 0 Å². The predicted octanol–water partition coefficient (Wildman–Crippen LogP) is 1.90. The minimum absolute atomic E-state index is 0.304. The number of hydrogen-bond donors (Lipinski definition) is 3. The number of nitrogens with zero attached hydrogens (tertiary/aromatic N) is 2. The van der Waals surface area contributed by atoms with Crippen molar-refractivity contribution in [1.82, 2.24) is 9.97 Å². The molecule has 1 fully saturated rings. The second-order valence-corrected chi connectivity index (χ2v) is 5.17. The highest BCUT2D eigenvalue weighted by Gasteiger charge is 2.26. The molecule has 0 saturated heterocycles. The number of hydrogen-bond acceptors (Lipinski definition) is 5. The summed E-state index contributed by atoms with van der Waals surface area (Å²) in [5.41, 5.74) is 0. The molecule has 0 amide bonds. The van der Waals surface area contributed by atoms with Gasteiger partial charge in [-0.25, -0.2) is 9.97 Å². The van der Waals surface area contributed by atoms with Gasteiger partial charge in [0.05, 0.1) is 0 Å². The zero-order valence-corrected chi connectivity index (χ0v) is 11.8. The molecule has 1 saturated carbocycles. The van der Waals surface area contributed by atoms with E-state index in [-0.39, 0.29) is 0 Å². The number of aliphatic hydroxyl groups is 1. The molecule has 0 aliphatic heterocycles. The van der Waals surface area contributed by atoms with Gasteiger partial charge < -0.3 is 15.7 Å². The van der Waals surface area contributed by atoms with Crippen molar-refractivity contribution in [2.75, 3.05) is 30.8 Å². The van der Waals surface area contributed by atoms with Crippen LogP contribution in [0.4, 0.5) is 11.6 Å². The summed E-state index contributed by atoms with van der Waals surface area (Å²) in [6, 6.07) is 1.93. The van der Waals surface area contributed by atoms with E-state index in [9.17, 15) is 5.11 Å². The molecule has 5 heteroatoms. The highest BCUT2D eigenvalue weighted by molar-refractivity contribution is 5.47. The number of aliphatic hydroxyl groups excluding tert-OH is 1. The van der Waals surface area contributed by atoms with Gasteiger partial charge in [0.1, 0.15) is 17.5 Å². The molecule has 1 heterocycles. The van der Waals surface area contributed by atoms with Crippen molar-refractivity contribution < 1.29 is 5.11 Å². The van der Waals surface area contributed by atoms with Crippen LogP contribution in [0.2, 0.25) is 0 Å². The largest absolute Gasteiger partial charge is 0.396 e. The summed E-state index contributed by atoms with van der Waals surface area (Å²) in [4.78, 5) is 8.87. The van der Waals surface area contributed by atoms with Crippen LogP contribution in [0.1, 0.15) is 32.0 Å². The molecular formula is C14H24N4O. The summed E-state index contributed by atoms with van der Waals surface area (Å²) in [5, 5.41) is 15.8. The first-order chi connectivity index (χ1) is 9.26. The van der Waals surface area contributed by atoms with Crippen LogP contribution < -0.4 is 10.6 Å². The van der Waals surface area contributed by atoms with Crippen molar-refractivity contribution in [2.45, 2.75) is 32.6 Å². The number of rotatable bonds is 6. The minimum Gasteiger partial charge on any atom is -0.396 e. The molecule has 0 bridgehead atoms. The molecule has 2 unspecified atom stereocenters. The Balaban J connectivity index is 1.98.